The molecule has 0 fully saturated rings. The summed E-state index contributed by atoms with van der Waals surface area (Å²) in [6.45, 7) is 6.57. The third kappa shape index (κ3) is 2.49. The van der Waals surface area contributed by atoms with E-state index < -0.39 is 0 Å². The molecule has 2 N–H and O–H groups in total. The molecule has 0 unspecified atom stereocenters. The predicted molar refractivity (Wildman–Crippen MR) is 65.9 cm³/mol. The molecule has 98 valence electrons. The molecule has 2 rings (SSSR count). The fourth-order valence-corrected chi connectivity index (χ4v) is 1.85. The van der Waals surface area contributed by atoms with E-state index in [4.69, 9.17) is 10.3 Å². The number of nitrogens with zero attached hydrogens (tertiary/aromatic N) is 5. The minimum Gasteiger partial charge on any atom is -0.381 e. The largest absolute Gasteiger partial charge is 0.381 e. The smallest absolute Gasteiger partial charge is 0.248 e. The second kappa shape index (κ2) is 5.16. The highest BCUT2D eigenvalue weighted by molar-refractivity contribution is 5.35. The van der Waals surface area contributed by atoms with Crippen molar-refractivity contribution in [2.24, 2.45) is 0 Å². The fourth-order valence-electron chi connectivity index (χ4n) is 1.85. The second-order valence-electron chi connectivity index (χ2n) is 4.53. The minimum absolute atomic E-state index is 0.248. The van der Waals surface area contributed by atoms with Crippen molar-refractivity contribution in [3.63, 3.8) is 0 Å². The van der Waals surface area contributed by atoms with Crippen LogP contribution in [0.3, 0.4) is 0 Å². The van der Waals surface area contributed by atoms with Crippen LogP contribution in [0.25, 0.3) is 0 Å². The minimum atomic E-state index is 0.248. The van der Waals surface area contributed by atoms with Crippen molar-refractivity contribution in [1.82, 2.24) is 25.1 Å². The molecule has 0 spiro atoms. The van der Waals surface area contributed by atoms with E-state index in [9.17, 15) is 0 Å². The Morgan fingerprint density at radius 3 is 2.83 bits per heavy atom. The molecule has 0 bridgehead atoms. The number of aromatic nitrogens is 5. The quantitative estimate of drug-likeness (QED) is 0.860. The van der Waals surface area contributed by atoms with Gasteiger partial charge in [-0.3, -0.25) is 0 Å². The van der Waals surface area contributed by atoms with Crippen molar-refractivity contribution in [3.8, 4) is 0 Å². The SMILES string of the molecule is CCCc1noc(Cn2nnc(N)c2C(C)C)n1. The molecule has 2 aromatic rings. The number of hydrogen-bond donors (Lipinski definition) is 1. The first-order valence-corrected chi connectivity index (χ1v) is 6.12. The standard InChI is InChI=1S/C11H18N6O/c1-4-5-8-13-9(18-15-8)6-17-10(7(2)3)11(12)14-16-17/h7H,4-6,12H2,1-3H3. The average Bonchev–Trinajstić information content (AvgIpc) is 2.87. The summed E-state index contributed by atoms with van der Waals surface area (Å²) in [6.07, 6.45) is 1.81. The van der Waals surface area contributed by atoms with Crippen LogP contribution in [-0.2, 0) is 13.0 Å². The van der Waals surface area contributed by atoms with Gasteiger partial charge in [-0.15, -0.1) is 5.10 Å². The first-order valence-electron chi connectivity index (χ1n) is 6.12. The van der Waals surface area contributed by atoms with Crippen molar-refractivity contribution < 1.29 is 4.52 Å². The lowest BCUT2D eigenvalue weighted by atomic mass is 10.1. The summed E-state index contributed by atoms with van der Waals surface area (Å²) in [5.41, 5.74) is 6.68. The lowest BCUT2D eigenvalue weighted by Crippen LogP contribution is -2.09. The van der Waals surface area contributed by atoms with Gasteiger partial charge in [-0.25, -0.2) is 4.68 Å². The third-order valence-corrected chi connectivity index (χ3v) is 2.62. The number of aryl methyl sites for hydroxylation is 1. The molecule has 18 heavy (non-hydrogen) atoms. The Kier molecular flexibility index (Phi) is 3.59. The zero-order valence-electron chi connectivity index (χ0n) is 10.9. The van der Waals surface area contributed by atoms with E-state index in [1.807, 2.05) is 13.8 Å². The Balaban J connectivity index is 2.17. The Morgan fingerprint density at radius 2 is 2.17 bits per heavy atom. The van der Waals surface area contributed by atoms with Gasteiger partial charge >= 0.3 is 0 Å². The lowest BCUT2D eigenvalue weighted by molar-refractivity contribution is 0.357. The molecule has 0 aliphatic carbocycles. The number of nitrogen functional groups attached to an aromatic ring is 1. The topological polar surface area (TPSA) is 95.7 Å². The van der Waals surface area contributed by atoms with Gasteiger partial charge in [0.1, 0.15) is 6.54 Å². The van der Waals surface area contributed by atoms with Gasteiger partial charge in [0, 0.05) is 6.42 Å². The lowest BCUT2D eigenvalue weighted by Gasteiger charge is -2.06. The average molecular weight is 250 g/mol. The summed E-state index contributed by atoms with van der Waals surface area (Å²) < 4.78 is 6.89. The van der Waals surface area contributed by atoms with Gasteiger partial charge < -0.3 is 10.3 Å². The third-order valence-electron chi connectivity index (χ3n) is 2.62. The second-order valence-corrected chi connectivity index (χ2v) is 4.53. The van der Waals surface area contributed by atoms with E-state index in [1.54, 1.807) is 4.68 Å². The molecule has 2 heterocycles. The van der Waals surface area contributed by atoms with Gasteiger partial charge in [-0.2, -0.15) is 4.98 Å². The van der Waals surface area contributed by atoms with Crippen LogP contribution in [0, 0.1) is 0 Å². The predicted octanol–water partition coefficient (Wildman–Crippen LogP) is 1.37. The highest BCUT2D eigenvalue weighted by atomic mass is 16.5. The van der Waals surface area contributed by atoms with Crippen molar-refractivity contribution in [3.05, 3.63) is 17.4 Å². The molecule has 0 saturated heterocycles. The summed E-state index contributed by atoms with van der Waals surface area (Å²) >= 11 is 0. The molecule has 0 aliphatic heterocycles. The molecule has 7 heteroatoms. The molecule has 0 radical (unpaired) electrons. The van der Waals surface area contributed by atoms with Crippen molar-refractivity contribution in [2.75, 3.05) is 5.73 Å². The maximum absolute atomic E-state index is 5.79. The van der Waals surface area contributed by atoms with Crippen molar-refractivity contribution >= 4 is 5.82 Å². The summed E-state index contributed by atoms with van der Waals surface area (Å²) in [5, 5.41) is 11.8. The fraction of sp³-hybridized carbons (Fsp3) is 0.636. The monoisotopic (exact) mass is 250 g/mol. The van der Waals surface area contributed by atoms with E-state index in [0.29, 0.717) is 18.3 Å². The maximum Gasteiger partial charge on any atom is 0.248 e. The summed E-state index contributed by atoms with van der Waals surface area (Å²) in [7, 11) is 0. The highest BCUT2D eigenvalue weighted by Crippen LogP contribution is 2.19. The zero-order valence-corrected chi connectivity index (χ0v) is 10.9. The van der Waals surface area contributed by atoms with E-state index in [2.05, 4.69) is 27.4 Å². The van der Waals surface area contributed by atoms with Gasteiger partial charge in [0.2, 0.25) is 5.89 Å². The zero-order chi connectivity index (χ0) is 13.1. The first-order chi connectivity index (χ1) is 8.61. The van der Waals surface area contributed by atoms with Crippen LogP contribution in [0.4, 0.5) is 5.82 Å². The Labute approximate surface area is 105 Å². The van der Waals surface area contributed by atoms with Crippen LogP contribution in [-0.4, -0.2) is 25.1 Å². The van der Waals surface area contributed by atoms with Gasteiger partial charge in [-0.05, 0) is 12.3 Å². The van der Waals surface area contributed by atoms with Crippen LogP contribution in [0.5, 0.6) is 0 Å². The van der Waals surface area contributed by atoms with E-state index in [-0.39, 0.29) is 5.92 Å². The molecule has 0 aromatic carbocycles. The van der Waals surface area contributed by atoms with Crippen LogP contribution in [0.2, 0.25) is 0 Å². The van der Waals surface area contributed by atoms with Crippen molar-refractivity contribution in [2.45, 2.75) is 46.1 Å². The molecule has 0 amide bonds. The molecule has 0 aliphatic rings. The molecular weight excluding hydrogens is 232 g/mol. The van der Waals surface area contributed by atoms with Crippen LogP contribution in [0.1, 0.15) is 50.5 Å². The Morgan fingerprint density at radius 1 is 1.39 bits per heavy atom. The summed E-state index contributed by atoms with van der Waals surface area (Å²) in [6, 6.07) is 0. The van der Waals surface area contributed by atoms with Gasteiger partial charge in [0.25, 0.3) is 0 Å². The van der Waals surface area contributed by atoms with Gasteiger partial charge in [0.15, 0.2) is 11.6 Å². The molecule has 0 atom stereocenters. The molecular formula is C11H18N6O. The first kappa shape index (κ1) is 12.5. The number of hydrogen-bond acceptors (Lipinski definition) is 6. The van der Waals surface area contributed by atoms with Crippen LogP contribution in [0.15, 0.2) is 4.52 Å². The summed E-state index contributed by atoms with van der Waals surface area (Å²) in [4.78, 5) is 4.30. The maximum atomic E-state index is 5.79. The van der Waals surface area contributed by atoms with Crippen LogP contribution < -0.4 is 5.73 Å². The van der Waals surface area contributed by atoms with Gasteiger partial charge in [0.05, 0.1) is 5.69 Å². The molecule has 0 saturated carbocycles. The normalized spacial score (nSPS) is 11.3. The van der Waals surface area contributed by atoms with Gasteiger partial charge in [-0.1, -0.05) is 31.1 Å². The molecule has 2 aromatic heterocycles. The van der Waals surface area contributed by atoms with E-state index >= 15 is 0 Å². The number of rotatable bonds is 5. The van der Waals surface area contributed by atoms with Crippen molar-refractivity contribution in [1.29, 1.82) is 0 Å². The van der Waals surface area contributed by atoms with Crippen LogP contribution >= 0.6 is 0 Å². The number of nitrogens with two attached hydrogens (primary N) is 1. The Bertz CT molecular complexity index is 515. The highest BCUT2D eigenvalue weighted by Gasteiger charge is 2.16. The van der Waals surface area contributed by atoms with E-state index in [1.165, 1.54) is 0 Å². The Hall–Kier alpha value is -1.92. The molecule has 7 nitrogen and oxygen atoms in total. The summed E-state index contributed by atoms with van der Waals surface area (Å²) in [5.74, 6) is 1.97. The number of anilines is 1. The van der Waals surface area contributed by atoms with E-state index in [0.717, 1.165) is 24.4 Å².